The van der Waals surface area contributed by atoms with Crippen LogP contribution in [0.2, 0.25) is 0 Å². The minimum Gasteiger partial charge on any atom is -0.370 e. The highest BCUT2D eigenvalue weighted by Gasteiger charge is 2.37. The average molecular weight is 166 g/mol. The summed E-state index contributed by atoms with van der Waals surface area (Å²) in [5, 5.41) is 0. The molecule has 1 rings (SSSR count). The van der Waals surface area contributed by atoms with E-state index in [9.17, 15) is 0 Å². The molecule has 0 amide bonds. The summed E-state index contributed by atoms with van der Waals surface area (Å²) in [6.45, 7) is 5.28. The second-order valence-electron chi connectivity index (χ2n) is 3.70. The molecule has 0 aromatic carbocycles. The van der Waals surface area contributed by atoms with E-state index in [0.29, 0.717) is 0 Å². The number of ether oxygens (including phenoxy) is 1. The fourth-order valence-electron chi connectivity index (χ4n) is 1.04. The zero-order valence-electron chi connectivity index (χ0n) is 8.15. The summed E-state index contributed by atoms with van der Waals surface area (Å²) in [6.07, 6.45) is 5.65. The van der Waals surface area contributed by atoms with Gasteiger partial charge in [-0.1, -0.05) is 13.3 Å². The summed E-state index contributed by atoms with van der Waals surface area (Å²) in [5.41, 5.74) is 0.194. The van der Waals surface area contributed by atoms with Crippen LogP contribution in [0.3, 0.4) is 0 Å². The van der Waals surface area contributed by atoms with E-state index < -0.39 is 0 Å². The molecule has 1 heterocycles. The molecule has 0 unspecified atom stereocenters. The van der Waals surface area contributed by atoms with Crippen LogP contribution in [0.5, 0.6) is 0 Å². The summed E-state index contributed by atoms with van der Waals surface area (Å²) in [4.78, 5) is 0. The van der Waals surface area contributed by atoms with Crippen molar-refractivity contribution in [2.75, 3.05) is 6.61 Å². The normalized spacial score (nSPS) is 26.2. The fourth-order valence-corrected chi connectivity index (χ4v) is 1.04. The minimum absolute atomic E-state index is 0.194. The molecule has 68 valence electrons. The first kappa shape index (κ1) is 9.61. The Balaban J connectivity index is 1.96. The van der Waals surface area contributed by atoms with Crippen molar-refractivity contribution >= 4 is 0 Å². The van der Waals surface area contributed by atoms with Gasteiger partial charge in [-0.05, 0) is 19.8 Å². The summed E-state index contributed by atoms with van der Waals surface area (Å²) < 4.78 is 5.26. The van der Waals surface area contributed by atoms with Gasteiger partial charge >= 0.3 is 0 Å². The molecule has 1 fully saturated rings. The summed E-state index contributed by atoms with van der Waals surface area (Å²) in [5.74, 6) is 6.37. The third-order valence-corrected chi connectivity index (χ3v) is 2.20. The average Bonchev–Trinajstić information content (AvgIpc) is 2.77. The molecular formula is C11H18O. The first-order valence-electron chi connectivity index (χ1n) is 4.86. The predicted molar refractivity (Wildman–Crippen MR) is 50.9 cm³/mol. The topological polar surface area (TPSA) is 12.5 Å². The molecule has 1 atom stereocenters. The van der Waals surface area contributed by atoms with Gasteiger partial charge in [0, 0.05) is 12.8 Å². The van der Waals surface area contributed by atoms with Crippen molar-refractivity contribution in [1.82, 2.24) is 0 Å². The van der Waals surface area contributed by atoms with Gasteiger partial charge in [0.1, 0.15) is 0 Å². The van der Waals surface area contributed by atoms with Gasteiger partial charge < -0.3 is 4.74 Å². The van der Waals surface area contributed by atoms with Crippen LogP contribution in [-0.2, 0) is 4.74 Å². The van der Waals surface area contributed by atoms with Crippen LogP contribution < -0.4 is 0 Å². The van der Waals surface area contributed by atoms with E-state index >= 15 is 0 Å². The van der Waals surface area contributed by atoms with E-state index in [2.05, 4.69) is 25.7 Å². The highest BCUT2D eigenvalue weighted by molar-refractivity contribution is 5.01. The Kier molecular flexibility index (Phi) is 3.62. The van der Waals surface area contributed by atoms with E-state index in [-0.39, 0.29) is 5.60 Å². The maximum Gasteiger partial charge on any atom is 0.0897 e. The third kappa shape index (κ3) is 3.78. The molecule has 1 aliphatic heterocycles. The lowest BCUT2D eigenvalue weighted by molar-refractivity contribution is 0.311. The van der Waals surface area contributed by atoms with Crippen molar-refractivity contribution in [3.8, 4) is 11.8 Å². The van der Waals surface area contributed by atoms with Gasteiger partial charge in [-0.25, -0.2) is 0 Å². The van der Waals surface area contributed by atoms with Gasteiger partial charge in [-0.3, -0.25) is 0 Å². The molecule has 0 aliphatic carbocycles. The van der Waals surface area contributed by atoms with Crippen LogP contribution in [0.1, 0.15) is 46.0 Å². The van der Waals surface area contributed by atoms with Gasteiger partial charge in [0.05, 0.1) is 12.2 Å². The number of epoxide rings is 1. The van der Waals surface area contributed by atoms with Gasteiger partial charge in [-0.2, -0.15) is 0 Å². The lowest BCUT2D eigenvalue weighted by Crippen LogP contribution is -2.01. The minimum atomic E-state index is 0.194. The number of hydrogen-bond donors (Lipinski definition) is 0. The monoisotopic (exact) mass is 166 g/mol. The number of hydrogen-bond acceptors (Lipinski definition) is 1. The Morgan fingerprint density at radius 1 is 1.33 bits per heavy atom. The summed E-state index contributed by atoms with van der Waals surface area (Å²) in [6, 6.07) is 0. The van der Waals surface area contributed by atoms with Crippen LogP contribution in [0.15, 0.2) is 0 Å². The Morgan fingerprint density at radius 2 is 2.00 bits per heavy atom. The van der Waals surface area contributed by atoms with Crippen LogP contribution in [-0.4, -0.2) is 12.2 Å². The van der Waals surface area contributed by atoms with Crippen LogP contribution in [0.4, 0.5) is 0 Å². The first-order chi connectivity index (χ1) is 5.77. The van der Waals surface area contributed by atoms with Crippen molar-refractivity contribution in [3.05, 3.63) is 0 Å². The van der Waals surface area contributed by atoms with Crippen LogP contribution in [0, 0.1) is 11.8 Å². The lowest BCUT2D eigenvalue weighted by Gasteiger charge is -1.97. The zero-order valence-corrected chi connectivity index (χ0v) is 8.15. The van der Waals surface area contributed by atoms with E-state index in [4.69, 9.17) is 4.74 Å². The SMILES string of the molecule is CCCCC#CCC[C@]1(C)CO1. The summed E-state index contributed by atoms with van der Waals surface area (Å²) in [7, 11) is 0. The number of rotatable bonds is 4. The van der Waals surface area contributed by atoms with Crippen molar-refractivity contribution in [3.63, 3.8) is 0 Å². The fraction of sp³-hybridized carbons (Fsp3) is 0.818. The second kappa shape index (κ2) is 4.52. The molecule has 0 saturated carbocycles. The van der Waals surface area contributed by atoms with Crippen molar-refractivity contribution in [1.29, 1.82) is 0 Å². The first-order valence-corrected chi connectivity index (χ1v) is 4.86. The van der Waals surface area contributed by atoms with Crippen molar-refractivity contribution in [2.45, 2.75) is 51.6 Å². The van der Waals surface area contributed by atoms with Gasteiger partial charge in [0.15, 0.2) is 0 Å². The van der Waals surface area contributed by atoms with E-state index in [1.54, 1.807) is 0 Å². The van der Waals surface area contributed by atoms with Crippen molar-refractivity contribution < 1.29 is 4.74 Å². The Bertz CT molecular complexity index is 181. The molecule has 0 N–H and O–H groups in total. The third-order valence-electron chi connectivity index (χ3n) is 2.20. The van der Waals surface area contributed by atoms with Crippen LogP contribution in [0.25, 0.3) is 0 Å². The van der Waals surface area contributed by atoms with Crippen LogP contribution >= 0.6 is 0 Å². The molecule has 0 spiro atoms. The Morgan fingerprint density at radius 3 is 2.58 bits per heavy atom. The predicted octanol–water partition coefficient (Wildman–Crippen LogP) is 2.75. The molecule has 0 bridgehead atoms. The van der Waals surface area contributed by atoms with Gasteiger partial charge in [0.2, 0.25) is 0 Å². The van der Waals surface area contributed by atoms with Gasteiger partial charge in [0.25, 0.3) is 0 Å². The summed E-state index contributed by atoms with van der Waals surface area (Å²) >= 11 is 0. The Labute approximate surface area is 75.5 Å². The quantitative estimate of drug-likeness (QED) is 0.355. The molecule has 1 heteroatoms. The number of unbranched alkanes of at least 4 members (excludes halogenated alkanes) is 2. The van der Waals surface area contributed by atoms with E-state index in [1.807, 2.05) is 0 Å². The zero-order chi connectivity index (χ0) is 8.86. The molecular weight excluding hydrogens is 148 g/mol. The lowest BCUT2D eigenvalue weighted by atomic mass is 10.1. The highest BCUT2D eigenvalue weighted by Crippen LogP contribution is 2.30. The smallest absolute Gasteiger partial charge is 0.0897 e. The largest absolute Gasteiger partial charge is 0.370 e. The standard InChI is InChI=1S/C11H18O/c1-3-4-5-6-7-8-9-11(2)10-12-11/h3-5,8-10H2,1-2H3/t11-/m1/s1. The second-order valence-corrected chi connectivity index (χ2v) is 3.70. The molecule has 0 aromatic heterocycles. The maximum atomic E-state index is 5.26. The molecule has 12 heavy (non-hydrogen) atoms. The van der Waals surface area contributed by atoms with Gasteiger partial charge in [-0.15, -0.1) is 11.8 Å². The van der Waals surface area contributed by atoms with E-state index in [1.165, 1.54) is 12.8 Å². The van der Waals surface area contributed by atoms with E-state index in [0.717, 1.165) is 25.9 Å². The molecule has 1 nitrogen and oxygen atoms in total. The molecule has 0 radical (unpaired) electrons. The highest BCUT2D eigenvalue weighted by atomic mass is 16.6. The van der Waals surface area contributed by atoms with Crippen molar-refractivity contribution in [2.24, 2.45) is 0 Å². The molecule has 0 aromatic rings. The maximum absolute atomic E-state index is 5.26. The molecule has 1 aliphatic rings. The molecule has 1 saturated heterocycles. The Hall–Kier alpha value is -0.480.